The maximum atomic E-state index is 13.0. The van der Waals surface area contributed by atoms with Gasteiger partial charge in [-0.3, -0.25) is 4.79 Å². The number of amides is 1. The van der Waals surface area contributed by atoms with Crippen LogP contribution < -0.4 is 14.8 Å². The fourth-order valence-electron chi connectivity index (χ4n) is 3.60. The molecule has 0 fully saturated rings. The summed E-state index contributed by atoms with van der Waals surface area (Å²) in [4.78, 5) is 17.7. The van der Waals surface area contributed by atoms with E-state index in [4.69, 9.17) is 26.1 Å². The van der Waals surface area contributed by atoms with E-state index >= 15 is 0 Å². The van der Waals surface area contributed by atoms with Gasteiger partial charge in [0.05, 0.1) is 17.3 Å². The second kappa shape index (κ2) is 10.2. The third kappa shape index (κ3) is 5.29. The number of ether oxygens (including phenoxy) is 2. The topological polar surface area (TPSA) is 60.5 Å². The SMILES string of the molecule is COc1cc(C(=O)Nc2cccc(-c3nc4ccccc4s3)c2)ccc1OCc1ccc(Cl)cc1. The molecule has 7 heteroatoms. The van der Waals surface area contributed by atoms with E-state index in [1.54, 1.807) is 36.6 Å². The molecule has 0 unspecified atom stereocenters. The Hall–Kier alpha value is -3.87. The molecule has 1 heterocycles. The van der Waals surface area contributed by atoms with Gasteiger partial charge in [-0.1, -0.05) is 48.0 Å². The van der Waals surface area contributed by atoms with Crippen molar-refractivity contribution < 1.29 is 14.3 Å². The van der Waals surface area contributed by atoms with Crippen LogP contribution in [0.4, 0.5) is 5.69 Å². The van der Waals surface area contributed by atoms with Crippen LogP contribution in [-0.4, -0.2) is 18.0 Å². The summed E-state index contributed by atoms with van der Waals surface area (Å²) in [6.45, 7) is 0.359. The Morgan fingerprint density at radius 3 is 2.57 bits per heavy atom. The molecule has 0 spiro atoms. The zero-order valence-corrected chi connectivity index (χ0v) is 20.4. The molecule has 0 bridgehead atoms. The number of methoxy groups -OCH3 is 1. The molecular formula is C28H21ClN2O3S. The van der Waals surface area contributed by atoms with Crippen molar-refractivity contribution in [1.29, 1.82) is 0 Å². The Balaban J connectivity index is 1.30. The van der Waals surface area contributed by atoms with Crippen LogP contribution in [0.5, 0.6) is 11.5 Å². The largest absolute Gasteiger partial charge is 0.493 e. The maximum absolute atomic E-state index is 13.0. The predicted octanol–water partition coefficient (Wildman–Crippen LogP) is 7.46. The Morgan fingerprint density at radius 1 is 0.943 bits per heavy atom. The minimum absolute atomic E-state index is 0.242. The average Bonchev–Trinajstić information content (AvgIpc) is 3.33. The molecular weight excluding hydrogens is 480 g/mol. The number of hydrogen-bond donors (Lipinski definition) is 1. The van der Waals surface area contributed by atoms with Crippen LogP contribution in [-0.2, 0) is 6.61 Å². The Morgan fingerprint density at radius 2 is 1.77 bits per heavy atom. The smallest absolute Gasteiger partial charge is 0.255 e. The van der Waals surface area contributed by atoms with Gasteiger partial charge in [0.25, 0.3) is 5.91 Å². The lowest BCUT2D eigenvalue weighted by atomic mass is 10.1. The number of para-hydroxylation sites is 1. The van der Waals surface area contributed by atoms with Crippen LogP contribution in [0.25, 0.3) is 20.8 Å². The molecule has 0 aliphatic carbocycles. The highest BCUT2D eigenvalue weighted by atomic mass is 35.5. The molecule has 5 rings (SSSR count). The van der Waals surface area contributed by atoms with Gasteiger partial charge < -0.3 is 14.8 Å². The number of thiazole rings is 1. The number of carbonyl (C=O) groups excluding carboxylic acids is 1. The summed E-state index contributed by atoms with van der Waals surface area (Å²) in [5.41, 5.74) is 4.05. The molecule has 1 N–H and O–H groups in total. The van der Waals surface area contributed by atoms with Crippen molar-refractivity contribution in [3.8, 4) is 22.1 Å². The summed E-state index contributed by atoms with van der Waals surface area (Å²) >= 11 is 7.56. The number of rotatable bonds is 7. The molecule has 4 aromatic carbocycles. The van der Waals surface area contributed by atoms with E-state index in [0.717, 1.165) is 26.4 Å². The number of halogens is 1. The number of hydrogen-bond acceptors (Lipinski definition) is 5. The van der Waals surface area contributed by atoms with Crippen molar-refractivity contribution in [2.45, 2.75) is 6.61 Å². The molecule has 0 aliphatic heterocycles. The number of carbonyl (C=O) groups is 1. The Labute approximate surface area is 211 Å². The lowest BCUT2D eigenvalue weighted by Crippen LogP contribution is -2.12. The van der Waals surface area contributed by atoms with Gasteiger partial charge >= 0.3 is 0 Å². The van der Waals surface area contributed by atoms with E-state index in [1.165, 1.54) is 0 Å². The van der Waals surface area contributed by atoms with Gasteiger partial charge in [0.15, 0.2) is 11.5 Å². The predicted molar refractivity (Wildman–Crippen MR) is 142 cm³/mol. The second-order valence-electron chi connectivity index (χ2n) is 7.80. The number of aromatic nitrogens is 1. The van der Waals surface area contributed by atoms with Crippen LogP contribution in [0.2, 0.25) is 5.02 Å². The molecule has 0 saturated carbocycles. The van der Waals surface area contributed by atoms with E-state index in [-0.39, 0.29) is 5.91 Å². The highest BCUT2D eigenvalue weighted by Gasteiger charge is 2.13. The summed E-state index contributed by atoms with van der Waals surface area (Å²) < 4.78 is 12.5. The summed E-state index contributed by atoms with van der Waals surface area (Å²) in [5, 5.41) is 4.55. The molecule has 174 valence electrons. The molecule has 0 atom stereocenters. The first-order valence-electron chi connectivity index (χ1n) is 10.9. The average molecular weight is 501 g/mol. The fraction of sp³-hybridized carbons (Fsp3) is 0.0714. The van der Waals surface area contributed by atoms with Crippen molar-refractivity contribution >= 4 is 44.7 Å². The molecule has 0 saturated heterocycles. The number of benzene rings is 4. The zero-order chi connectivity index (χ0) is 24.2. The van der Waals surface area contributed by atoms with Gasteiger partial charge in [-0.2, -0.15) is 0 Å². The van der Waals surface area contributed by atoms with Crippen LogP contribution in [0, 0.1) is 0 Å². The number of nitrogens with zero attached hydrogens (tertiary/aromatic N) is 1. The minimum Gasteiger partial charge on any atom is -0.493 e. The van der Waals surface area contributed by atoms with E-state index in [0.29, 0.717) is 34.4 Å². The van der Waals surface area contributed by atoms with E-state index in [1.807, 2.05) is 66.7 Å². The molecule has 1 aromatic heterocycles. The van der Waals surface area contributed by atoms with Gasteiger partial charge in [-0.05, 0) is 60.2 Å². The van der Waals surface area contributed by atoms with Gasteiger partial charge in [0.1, 0.15) is 11.6 Å². The fourth-order valence-corrected chi connectivity index (χ4v) is 4.69. The van der Waals surface area contributed by atoms with Crippen LogP contribution in [0.15, 0.2) is 91.0 Å². The van der Waals surface area contributed by atoms with Crippen LogP contribution >= 0.6 is 22.9 Å². The first kappa shape index (κ1) is 22.9. The number of anilines is 1. The molecule has 5 aromatic rings. The highest BCUT2D eigenvalue weighted by molar-refractivity contribution is 7.21. The molecule has 5 nitrogen and oxygen atoms in total. The number of nitrogens with one attached hydrogen (secondary N) is 1. The van der Waals surface area contributed by atoms with E-state index in [9.17, 15) is 4.79 Å². The van der Waals surface area contributed by atoms with E-state index in [2.05, 4.69) is 11.4 Å². The lowest BCUT2D eigenvalue weighted by molar-refractivity contribution is 0.102. The monoisotopic (exact) mass is 500 g/mol. The second-order valence-corrected chi connectivity index (χ2v) is 9.27. The summed E-state index contributed by atoms with van der Waals surface area (Å²) in [5.74, 6) is 0.792. The zero-order valence-electron chi connectivity index (χ0n) is 18.8. The van der Waals surface area contributed by atoms with Gasteiger partial charge in [0, 0.05) is 21.8 Å². The van der Waals surface area contributed by atoms with Crippen molar-refractivity contribution in [2.24, 2.45) is 0 Å². The highest BCUT2D eigenvalue weighted by Crippen LogP contribution is 2.32. The maximum Gasteiger partial charge on any atom is 0.255 e. The van der Waals surface area contributed by atoms with Crippen molar-refractivity contribution in [2.75, 3.05) is 12.4 Å². The number of fused-ring (bicyclic) bond motifs is 1. The van der Waals surface area contributed by atoms with Crippen molar-refractivity contribution in [3.63, 3.8) is 0 Å². The molecule has 35 heavy (non-hydrogen) atoms. The van der Waals surface area contributed by atoms with Crippen molar-refractivity contribution in [1.82, 2.24) is 4.98 Å². The van der Waals surface area contributed by atoms with E-state index < -0.39 is 0 Å². The Kier molecular flexibility index (Phi) is 6.66. The normalized spacial score (nSPS) is 10.8. The first-order chi connectivity index (χ1) is 17.1. The Bertz CT molecular complexity index is 1470. The summed E-state index contributed by atoms with van der Waals surface area (Å²) in [6, 6.07) is 28.3. The summed E-state index contributed by atoms with van der Waals surface area (Å²) in [7, 11) is 1.55. The first-order valence-corrected chi connectivity index (χ1v) is 12.1. The lowest BCUT2D eigenvalue weighted by Gasteiger charge is -2.13. The third-order valence-electron chi connectivity index (χ3n) is 5.39. The van der Waals surface area contributed by atoms with Gasteiger partial charge in [-0.15, -0.1) is 11.3 Å². The quantitative estimate of drug-likeness (QED) is 0.252. The minimum atomic E-state index is -0.242. The molecule has 1 amide bonds. The molecule has 0 radical (unpaired) electrons. The van der Waals surface area contributed by atoms with Gasteiger partial charge in [0.2, 0.25) is 0 Å². The van der Waals surface area contributed by atoms with Crippen LogP contribution in [0.3, 0.4) is 0 Å². The van der Waals surface area contributed by atoms with Crippen molar-refractivity contribution in [3.05, 3.63) is 107 Å². The molecule has 0 aliphatic rings. The standard InChI is InChI=1S/C28H21ClN2O3S/c1-33-25-16-19(11-14-24(25)34-17-18-9-12-21(29)13-10-18)27(32)30-22-6-4-5-20(15-22)28-31-23-7-2-3-8-26(23)35-28/h2-16H,17H2,1H3,(H,30,32). The van der Waals surface area contributed by atoms with Crippen LogP contribution in [0.1, 0.15) is 15.9 Å². The summed E-state index contributed by atoms with van der Waals surface area (Å²) in [6.07, 6.45) is 0. The third-order valence-corrected chi connectivity index (χ3v) is 6.73. The van der Waals surface area contributed by atoms with Gasteiger partial charge in [-0.25, -0.2) is 4.98 Å².